The Labute approximate surface area is 107 Å². The van der Waals surface area contributed by atoms with E-state index in [1.165, 1.54) is 5.56 Å². The third kappa shape index (κ3) is 3.50. The van der Waals surface area contributed by atoms with Gasteiger partial charge < -0.3 is 5.73 Å². The van der Waals surface area contributed by atoms with Crippen LogP contribution in [-0.2, 0) is 6.54 Å². The van der Waals surface area contributed by atoms with Crippen molar-refractivity contribution in [3.63, 3.8) is 0 Å². The zero-order chi connectivity index (χ0) is 13.0. The summed E-state index contributed by atoms with van der Waals surface area (Å²) in [5, 5.41) is 0. The predicted molar refractivity (Wildman–Crippen MR) is 68.4 cm³/mol. The number of likely N-dealkylation sites (tertiary alicyclic amines) is 1. The van der Waals surface area contributed by atoms with E-state index < -0.39 is 12.5 Å². The van der Waals surface area contributed by atoms with E-state index in [1.54, 1.807) is 0 Å². The number of halogens is 2. The van der Waals surface area contributed by atoms with Gasteiger partial charge in [-0.25, -0.2) is 8.78 Å². The van der Waals surface area contributed by atoms with Gasteiger partial charge in [0.05, 0.1) is 6.04 Å². The highest BCUT2D eigenvalue weighted by Gasteiger charge is 2.30. The Morgan fingerprint density at radius 3 is 2.67 bits per heavy atom. The molecule has 0 aliphatic carbocycles. The second kappa shape index (κ2) is 6.25. The maximum Gasteiger partial charge on any atom is 0.253 e. The Hall–Kier alpha value is -1.00. The lowest BCUT2D eigenvalue weighted by atomic mass is 9.91. The predicted octanol–water partition coefficient (Wildman–Crippen LogP) is 2.49. The van der Waals surface area contributed by atoms with Crippen molar-refractivity contribution in [2.45, 2.75) is 31.9 Å². The van der Waals surface area contributed by atoms with Gasteiger partial charge in [-0.2, -0.15) is 0 Å². The molecule has 1 aliphatic heterocycles. The molecule has 2 rings (SSSR count). The molecule has 100 valence electrons. The fourth-order valence-corrected chi connectivity index (χ4v) is 2.60. The molecular formula is C14H20F2N2. The van der Waals surface area contributed by atoms with E-state index in [9.17, 15) is 8.78 Å². The van der Waals surface area contributed by atoms with Gasteiger partial charge in [0, 0.05) is 13.1 Å². The van der Waals surface area contributed by atoms with Crippen LogP contribution in [0.2, 0.25) is 0 Å². The van der Waals surface area contributed by atoms with Crippen molar-refractivity contribution in [1.29, 1.82) is 0 Å². The van der Waals surface area contributed by atoms with Crippen LogP contribution in [0.5, 0.6) is 0 Å². The first-order valence-corrected chi connectivity index (χ1v) is 6.47. The van der Waals surface area contributed by atoms with Crippen molar-refractivity contribution < 1.29 is 8.78 Å². The maximum absolute atomic E-state index is 12.6. The number of rotatable bonds is 4. The lowest BCUT2D eigenvalue weighted by Gasteiger charge is -2.35. The third-order valence-electron chi connectivity index (χ3n) is 3.63. The van der Waals surface area contributed by atoms with Crippen molar-refractivity contribution in [3.05, 3.63) is 35.9 Å². The fourth-order valence-electron chi connectivity index (χ4n) is 2.60. The van der Waals surface area contributed by atoms with Crippen LogP contribution >= 0.6 is 0 Å². The molecule has 2 nitrogen and oxygen atoms in total. The molecule has 0 aromatic heterocycles. The molecule has 1 aromatic rings. The summed E-state index contributed by atoms with van der Waals surface area (Å²) in [6.45, 7) is 2.48. The zero-order valence-corrected chi connectivity index (χ0v) is 10.4. The minimum Gasteiger partial charge on any atom is -0.323 e. The minimum absolute atomic E-state index is 0.0811. The number of benzene rings is 1. The van der Waals surface area contributed by atoms with Crippen LogP contribution in [0, 0.1) is 5.92 Å². The summed E-state index contributed by atoms with van der Waals surface area (Å²) < 4.78 is 25.2. The zero-order valence-electron chi connectivity index (χ0n) is 10.4. The first kappa shape index (κ1) is 13.4. The summed E-state index contributed by atoms with van der Waals surface area (Å²) in [5.41, 5.74) is 6.80. The summed E-state index contributed by atoms with van der Waals surface area (Å²) in [6, 6.07) is 9.13. The van der Waals surface area contributed by atoms with Gasteiger partial charge in [0.2, 0.25) is 0 Å². The second-order valence-corrected chi connectivity index (χ2v) is 5.03. The summed E-state index contributed by atoms with van der Waals surface area (Å²) in [7, 11) is 0. The number of nitrogens with two attached hydrogens (primary N) is 1. The Kier molecular flexibility index (Phi) is 4.66. The van der Waals surface area contributed by atoms with Crippen LogP contribution in [0.1, 0.15) is 18.4 Å². The van der Waals surface area contributed by atoms with Crippen LogP contribution in [-0.4, -0.2) is 30.5 Å². The van der Waals surface area contributed by atoms with E-state index in [2.05, 4.69) is 17.0 Å². The lowest BCUT2D eigenvalue weighted by Crippen LogP contribution is -2.46. The Morgan fingerprint density at radius 2 is 2.00 bits per heavy atom. The number of alkyl halides is 2. The molecule has 0 amide bonds. The molecule has 18 heavy (non-hydrogen) atoms. The summed E-state index contributed by atoms with van der Waals surface area (Å²) >= 11 is 0. The van der Waals surface area contributed by atoms with Gasteiger partial charge in [-0.3, -0.25) is 4.90 Å². The molecule has 1 fully saturated rings. The van der Waals surface area contributed by atoms with E-state index in [0.29, 0.717) is 6.54 Å². The molecule has 1 heterocycles. The van der Waals surface area contributed by atoms with Crippen molar-refractivity contribution in [2.24, 2.45) is 11.7 Å². The van der Waals surface area contributed by atoms with Crippen LogP contribution in [0.3, 0.4) is 0 Å². The number of nitrogens with zero attached hydrogens (tertiary/aromatic N) is 1. The van der Waals surface area contributed by atoms with Crippen LogP contribution < -0.4 is 5.73 Å². The van der Waals surface area contributed by atoms with Crippen molar-refractivity contribution in [1.82, 2.24) is 4.90 Å². The highest BCUT2D eigenvalue weighted by atomic mass is 19.3. The third-order valence-corrected chi connectivity index (χ3v) is 3.63. The number of hydrogen-bond acceptors (Lipinski definition) is 2. The highest BCUT2D eigenvalue weighted by molar-refractivity contribution is 5.14. The molecule has 4 heteroatoms. The van der Waals surface area contributed by atoms with E-state index in [-0.39, 0.29) is 5.92 Å². The Morgan fingerprint density at radius 1 is 1.28 bits per heavy atom. The Bertz CT molecular complexity index is 356. The van der Waals surface area contributed by atoms with Gasteiger partial charge in [-0.05, 0) is 30.9 Å². The molecular weight excluding hydrogens is 234 g/mol. The first-order valence-electron chi connectivity index (χ1n) is 6.47. The summed E-state index contributed by atoms with van der Waals surface area (Å²) in [4.78, 5) is 2.23. The molecule has 2 N–H and O–H groups in total. The van der Waals surface area contributed by atoms with Crippen molar-refractivity contribution in [3.8, 4) is 0 Å². The monoisotopic (exact) mass is 254 g/mol. The van der Waals surface area contributed by atoms with Crippen molar-refractivity contribution >= 4 is 0 Å². The first-order chi connectivity index (χ1) is 8.66. The van der Waals surface area contributed by atoms with Crippen LogP contribution in [0.4, 0.5) is 8.78 Å². The topological polar surface area (TPSA) is 29.3 Å². The standard InChI is InChI=1S/C14H20F2N2/c15-14(16)13(17)12-7-4-8-18(10-12)9-11-5-2-1-3-6-11/h1-3,5-6,12-14H,4,7-10,17H2. The normalized spacial score (nSPS) is 23.2. The van der Waals surface area contributed by atoms with Crippen LogP contribution in [0.25, 0.3) is 0 Å². The number of piperidine rings is 1. The molecule has 0 radical (unpaired) electrons. The van der Waals surface area contributed by atoms with Gasteiger partial charge in [0.25, 0.3) is 6.43 Å². The minimum atomic E-state index is -2.41. The van der Waals surface area contributed by atoms with Crippen molar-refractivity contribution in [2.75, 3.05) is 13.1 Å². The molecule has 2 unspecified atom stereocenters. The molecule has 1 aliphatic rings. The molecule has 0 saturated carbocycles. The van der Waals surface area contributed by atoms with Gasteiger partial charge >= 0.3 is 0 Å². The van der Waals surface area contributed by atoms with Gasteiger partial charge in [0.15, 0.2) is 0 Å². The van der Waals surface area contributed by atoms with E-state index in [0.717, 1.165) is 25.9 Å². The fraction of sp³-hybridized carbons (Fsp3) is 0.571. The average Bonchev–Trinajstić information content (AvgIpc) is 2.39. The molecule has 2 atom stereocenters. The second-order valence-electron chi connectivity index (χ2n) is 5.03. The van der Waals surface area contributed by atoms with E-state index >= 15 is 0 Å². The molecule has 0 spiro atoms. The maximum atomic E-state index is 12.6. The molecule has 0 bridgehead atoms. The molecule has 1 aromatic carbocycles. The highest BCUT2D eigenvalue weighted by Crippen LogP contribution is 2.23. The van der Waals surface area contributed by atoms with Gasteiger partial charge in [-0.15, -0.1) is 0 Å². The average molecular weight is 254 g/mol. The molecule has 1 saturated heterocycles. The quantitative estimate of drug-likeness (QED) is 0.894. The smallest absolute Gasteiger partial charge is 0.253 e. The van der Waals surface area contributed by atoms with Gasteiger partial charge in [0.1, 0.15) is 0 Å². The SMILES string of the molecule is NC(C(F)F)C1CCCN(Cc2ccccc2)C1. The largest absolute Gasteiger partial charge is 0.323 e. The summed E-state index contributed by atoms with van der Waals surface area (Å²) in [6.07, 6.45) is -0.638. The van der Waals surface area contributed by atoms with E-state index in [4.69, 9.17) is 5.73 Å². The lowest BCUT2D eigenvalue weighted by molar-refractivity contribution is 0.0553. The van der Waals surface area contributed by atoms with Gasteiger partial charge in [-0.1, -0.05) is 30.3 Å². The summed E-state index contributed by atoms with van der Waals surface area (Å²) in [5.74, 6) is -0.0811. The van der Waals surface area contributed by atoms with E-state index in [1.807, 2.05) is 18.2 Å². The van der Waals surface area contributed by atoms with Crippen LogP contribution in [0.15, 0.2) is 30.3 Å². The number of hydrogen-bond donors (Lipinski definition) is 1. The Balaban J connectivity index is 1.91.